The van der Waals surface area contributed by atoms with Gasteiger partial charge in [-0.1, -0.05) is 13.8 Å². The monoisotopic (exact) mass is 256 g/mol. The van der Waals surface area contributed by atoms with Crippen molar-refractivity contribution >= 4 is 11.9 Å². The van der Waals surface area contributed by atoms with Gasteiger partial charge in [-0.15, -0.1) is 0 Å². The van der Waals surface area contributed by atoms with Gasteiger partial charge in [0.15, 0.2) is 0 Å². The lowest BCUT2D eigenvalue weighted by Crippen LogP contribution is -2.47. The lowest BCUT2D eigenvalue weighted by Gasteiger charge is -2.26. The van der Waals surface area contributed by atoms with Crippen molar-refractivity contribution in [1.29, 1.82) is 0 Å². The molecule has 104 valence electrons. The van der Waals surface area contributed by atoms with Crippen molar-refractivity contribution in [2.24, 2.45) is 5.92 Å². The summed E-state index contributed by atoms with van der Waals surface area (Å²) in [6, 6.07) is -0.127. The van der Waals surface area contributed by atoms with Gasteiger partial charge in [0.1, 0.15) is 6.54 Å². The van der Waals surface area contributed by atoms with E-state index in [-0.39, 0.29) is 24.5 Å². The number of nitrogens with zero attached hydrogens (tertiary/aromatic N) is 1. The maximum absolute atomic E-state index is 12.3. The molecule has 0 aromatic rings. The Morgan fingerprint density at radius 2 is 2.17 bits per heavy atom. The van der Waals surface area contributed by atoms with E-state index in [1.807, 2.05) is 13.8 Å². The Balaban J connectivity index is 2.58. The highest BCUT2D eigenvalue weighted by Gasteiger charge is 2.28. The average Bonchev–Trinajstić information content (AvgIpc) is 2.80. The fraction of sp³-hybridized carbons (Fsp3) is 0.846. The van der Waals surface area contributed by atoms with Crippen LogP contribution in [0.5, 0.6) is 0 Å². The van der Waals surface area contributed by atoms with Crippen molar-refractivity contribution in [3.05, 3.63) is 0 Å². The minimum Gasteiger partial charge on any atom is -0.465 e. The number of esters is 1. The second-order valence-electron chi connectivity index (χ2n) is 5.07. The highest BCUT2D eigenvalue weighted by atomic mass is 16.5. The Kier molecular flexibility index (Phi) is 6.12. The van der Waals surface area contributed by atoms with E-state index in [2.05, 4.69) is 5.32 Å². The van der Waals surface area contributed by atoms with Crippen LogP contribution in [-0.2, 0) is 14.3 Å². The van der Waals surface area contributed by atoms with Gasteiger partial charge < -0.3 is 15.0 Å². The highest BCUT2D eigenvalue weighted by Crippen LogP contribution is 2.10. The maximum Gasteiger partial charge on any atom is 0.325 e. The molecule has 1 aliphatic heterocycles. The number of hydrogen-bond donors (Lipinski definition) is 1. The number of amides is 1. The zero-order chi connectivity index (χ0) is 13.5. The fourth-order valence-corrected chi connectivity index (χ4v) is 2.15. The topological polar surface area (TPSA) is 58.6 Å². The minimum atomic E-state index is -0.329. The van der Waals surface area contributed by atoms with Crippen LogP contribution in [0.1, 0.15) is 33.6 Å². The first-order chi connectivity index (χ1) is 8.54. The van der Waals surface area contributed by atoms with Gasteiger partial charge in [-0.2, -0.15) is 0 Å². The summed E-state index contributed by atoms with van der Waals surface area (Å²) in [5.74, 6) is 0.0310. The average molecular weight is 256 g/mol. The molecule has 1 atom stereocenters. The van der Waals surface area contributed by atoms with Gasteiger partial charge >= 0.3 is 5.97 Å². The van der Waals surface area contributed by atoms with Crippen LogP contribution >= 0.6 is 0 Å². The molecule has 0 spiro atoms. The van der Waals surface area contributed by atoms with Gasteiger partial charge in [-0.25, -0.2) is 0 Å². The zero-order valence-corrected chi connectivity index (χ0v) is 11.6. The molecule has 1 heterocycles. The lowest BCUT2D eigenvalue weighted by atomic mass is 10.1. The van der Waals surface area contributed by atoms with Crippen LogP contribution in [0.2, 0.25) is 0 Å². The van der Waals surface area contributed by atoms with Gasteiger partial charge in [0.2, 0.25) is 5.91 Å². The number of carbonyl (C=O) groups is 2. The quantitative estimate of drug-likeness (QED) is 0.714. The Labute approximate surface area is 109 Å². The molecule has 1 fully saturated rings. The SMILES string of the molecule is CCOC(=O)CN(CC(C)C)C(=O)C1CCCN1. The van der Waals surface area contributed by atoms with Crippen LogP contribution in [0.4, 0.5) is 0 Å². The van der Waals surface area contributed by atoms with Gasteiger partial charge in [0, 0.05) is 6.54 Å². The first-order valence-corrected chi connectivity index (χ1v) is 6.72. The molecule has 1 N–H and O–H groups in total. The molecular weight excluding hydrogens is 232 g/mol. The summed E-state index contributed by atoms with van der Waals surface area (Å²) in [6.07, 6.45) is 1.88. The summed E-state index contributed by atoms with van der Waals surface area (Å²) in [4.78, 5) is 25.4. The molecule has 5 nitrogen and oxygen atoms in total. The van der Waals surface area contributed by atoms with Crippen molar-refractivity contribution in [3.8, 4) is 0 Å². The molecule has 1 amide bonds. The third-order valence-electron chi connectivity index (χ3n) is 2.88. The molecule has 0 bridgehead atoms. The Bertz CT molecular complexity index is 286. The van der Waals surface area contributed by atoms with Crippen LogP contribution in [0.3, 0.4) is 0 Å². The smallest absolute Gasteiger partial charge is 0.325 e. The summed E-state index contributed by atoms with van der Waals surface area (Å²) < 4.78 is 4.91. The van der Waals surface area contributed by atoms with E-state index in [0.717, 1.165) is 19.4 Å². The van der Waals surface area contributed by atoms with Crippen molar-refractivity contribution in [2.45, 2.75) is 39.7 Å². The predicted molar refractivity (Wildman–Crippen MR) is 69.1 cm³/mol. The molecule has 0 aromatic heterocycles. The number of carbonyl (C=O) groups excluding carboxylic acids is 2. The van der Waals surface area contributed by atoms with Crippen LogP contribution in [0.15, 0.2) is 0 Å². The molecule has 1 aliphatic rings. The van der Waals surface area contributed by atoms with Crippen molar-refractivity contribution in [3.63, 3.8) is 0 Å². The molecule has 18 heavy (non-hydrogen) atoms. The molecule has 5 heteroatoms. The van der Waals surface area contributed by atoms with Crippen molar-refractivity contribution in [2.75, 3.05) is 26.2 Å². The lowest BCUT2D eigenvalue weighted by molar-refractivity contribution is -0.149. The molecule has 1 rings (SSSR count). The number of hydrogen-bond acceptors (Lipinski definition) is 4. The van der Waals surface area contributed by atoms with Gasteiger partial charge in [-0.05, 0) is 32.2 Å². The van der Waals surface area contributed by atoms with Gasteiger partial charge in [-0.3, -0.25) is 9.59 Å². The van der Waals surface area contributed by atoms with Crippen LogP contribution in [-0.4, -0.2) is 49.1 Å². The van der Waals surface area contributed by atoms with Gasteiger partial charge in [0.25, 0.3) is 0 Å². The molecular formula is C13H24N2O3. The molecule has 1 saturated heterocycles. The third kappa shape index (κ3) is 4.64. The third-order valence-corrected chi connectivity index (χ3v) is 2.88. The van der Waals surface area contributed by atoms with E-state index in [1.165, 1.54) is 0 Å². The number of ether oxygens (including phenoxy) is 1. The number of nitrogens with one attached hydrogen (secondary N) is 1. The van der Waals surface area contributed by atoms with E-state index in [4.69, 9.17) is 4.74 Å². The van der Waals surface area contributed by atoms with Crippen LogP contribution < -0.4 is 5.32 Å². The minimum absolute atomic E-state index is 0.0225. The molecule has 0 radical (unpaired) electrons. The van der Waals surface area contributed by atoms with E-state index in [9.17, 15) is 9.59 Å². The maximum atomic E-state index is 12.3. The van der Waals surface area contributed by atoms with Gasteiger partial charge in [0.05, 0.1) is 12.6 Å². The Hall–Kier alpha value is -1.10. The summed E-state index contributed by atoms with van der Waals surface area (Å²) >= 11 is 0. The van der Waals surface area contributed by atoms with E-state index < -0.39 is 0 Å². The fourth-order valence-electron chi connectivity index (χ4n) is 2.15. The van der Waals surface area contributed by atoms with Crippen LogP contribution in [0.25, 0.3) is 0 Å². The summed E-state index contributed by atoms with van der Waals surface area (Å²) in [5.41, 5.74) is 0. The normalized spacial score (nSPS) is 19.0. The van der Waals surface area contributed by atoms with Crippen molar-refractivity contribution < 1.29 is 14.3 Å². The summed E-state index contributed by atoms with van der Waals surface area (Å²) in [6.45, 7) is 7.72. The first kappa shape index (κ1) is 15.0. The first-order valence-electron chi connectivity index (χ1n) is 6.72. The second kappa shape index (κ2) is 7.36. The largest absolute Gasteiger partial charge is 0.465 e. The summed E-state index contributed by atoms with van der Waals surface area (Å²) in [7, 11) is 0. The van der Waals surface area contributed by atoms with Crippen LogP contribution in [0, 0.1) is 5.92 Å². The second-order valence-corrected chi connectivity index (χ2v) is 5.07. The Morgan fingerprint density at radius 3 is 2.67 bits per heavy atom. The highest BCUT2D eigenvalue weighted by molar-refractivity contribution is 5.86. The van der Waals surface area contributed by atoms with E-state index in [0.29, 0.717) is 19.1 Å². The summed E-state index contributed by atoms with van der Waals surface area (Å²) in [5, 5.41) is 3.17. The number of rotatable bonds is 6. The molecule has 0 saturated carbocycles. The zero-order valence-electron chi connectivity index (χ0n) is 11.6. The molecule has 0 aliphatic carbocycles. The van der Waals surface area contributed by atoms with E-state index >= 15 is 0 Å². The van der Waals surface area contributed by atoms with E-state index in [1.54, 1.807) is 11.8 Å². The van der Waals surface area contributed by atoms with Crippen molar-refractivity contribution in [1.82, 2.24) is 10.2 Å². The standard InChI is InChI=1S/C13H24N2O3/c1-4-18-12(16)9-15(8-10(2)3)13(17)11-6-5-7-14-11/h10-11,14H,4-9H2,1-3H3. The Morgan fingerprint density at radius 1 is 1.44 bits per heavy atom. The predicted octanol–water partition coefficient (Wildman–Crippen LogP) is 0.786. The molecule has 1 unspecified atom stereocenters. The molecule has 0 aromatic carbocycles.